The summed E-state index contributed by atoms with van der Waals surface area (Å²) < 4.78 is 6.04. The second-order valence-electron chi connectivity index (χ2n) is 2.60. The van der Waals surface area contributed by atoms with Crippen LogP contribution in [0.15, 0.2) is 10.7 Å². The molecule has 0 amide bonds. The predicted octanol–water partition coefficient (Wildman–Crippen LogP) is 1.64. The summed E-state index contributed by atoms with van der Waals surface area (Å²) in [5.74, 6) is 0. The van der Waals surface area contributed by atoms with Crippen LogP contribution in [0.4, 0.5) is 0 Å². The number of hydrogen-bond donors (Lipinski definition) is 2. The quantitative estimate of drug-likeness (QED) is 0.829. The van der Waals surface area contributed by atoms with Gasteiger partial charge in [0, 0.05) is 24.9 Å². The zero-order chi connectivity index (χ0) is 8.97. The van der Waals surface area contributed by atoms with Crippen molar-refractivity contribution >= 4 is 15.9 Å². The van der Waals surface area contributed by atoms with Crippen molar-refractivity contribution in [2.45, 2.75) is 13.2 Å². The molecule has 0 saturated carbocycles. The lowest BCUT2D eigenvalue weighted by molar-refractivity contribution is 0.184. The van der Waals surface area contributed by atoms with Crippen LogP contribution >= 0.6 is 15.9 Å². The molecule has 1 rings (SSSR count). The highest BCUT2D eigenvalue weighted by Gasteiger charge is 2.03. The number of aromatic amines is 1. The van der Waals surface area contributed by atoms with Gasteiger partial charge in [-0.1, -0.05) is 0 Å². The third-order valence-corrected chi connectivity index (χ3v) is 2.28. The molecule has 12 heavy (non-hydrogen) atoms. The van der Waals surface area contributed by atoms with Crippen LogP contribution in [0.1, 0.15) is 11.3 Å². The van der Waals surface area contributed by atoms with Gasteiger partial charge < -0.3 is 15.0 Å². The summed E-state index contributed by atoms with van der Waals surface area (Å²) in [6.07, 6.45) is 0. The first-order chi connectivity index (χ1) is 5.77. The fourth-order valence-corrected chi connectivity index (χ4v) is 1.56. The Morgan fingerprint density at radius 2 is 2.42 bits per heavy atom. The highest BCUT2D eigenvalue weighted by Crippen LogP contribution is 2.17. The smallest absolute Gasteiger partial charge is 0.0878 e. The molecule has 3 nitrogen and oxygen atoms in total. The standard InChI is InChI=1S/C8H13BrN2O/c1-10-4-7-3-6(5-12-2)8(9)11-7/h3,10-11H,4-5H2,1-2H3. The molecular formula is C8H13BrN2O. The Hall–Kier alpha value is -0.320. The molecule has 0 aliphatic heterocycles. The Labute approximate surface area is 80.6 Å². The number of rotatable bonds is 4. The van der Waals surface area contributed by atoms with E-state index in [0.717, 1.165) is 22.4 Å². The Kier molecular flexibility index (Phi) is 3.78. The van der Waals surface area contributed by atoms with Crippen molar-refractivity contribution in [3.05, 3.63) is 21.9 Å². The summed E-state index contributed by atoms with van der Waals surface area (Å²) in [5.41, 5.74) is 2.32. The van der Waals surface area contributed by atoms with Gasteiger partial charge in [-0.3, -0.25) is 0 Å². The van der Waals surface area contributed by atoms with Gasteiger partial charge in [0.05, 0.1) is 11.2 Å². The molecule has 0 aromatic carbocycles. The molecule has 0 aliphatic carbocycles. The van der Waals surface area contributed by atoms with Crippen molar-refractivity contribution in [1.29, 1.82) is 0 Å². The van der Waals surface area contributed by atoms with Crippen LogP contribution in [-0.4, -0.2) is 19.1 Å². The molecule has 0 saturated heterocycles. The molecule has 1 aromatic rings. The molecule has 0 atom stereocenters. The number of hydrogen-bond acceptors (Lipinski definition) is 2. The molecule has 0 fully saturated rings. The lowest BCUT2D eigenvalue weighted by atomic mass is 10.3. The lowest BCUT2D eigenvalue weighted by Crippen LogP contribution is -2.04. The van der Waals surface area contributed by atoms with E-state index < -0.39 is 0 Å². The average molecular weight is 233 g/mol. The van der Waals surface area contributed by atoms with E-state index in [9.17, 15) is 0 Å². The van der Waals surface area contributed by atoms with Gasteiger partial charge in [-0.25, -0.2) is 0 Å². The van der Waals surface area contributed by atoms with Crippen LogP contribution in [0.3, 0.4) is 0 Å². The summed E-state index contributed by atoms with van der Waals surface area (Å²) in [6, 6.07) is 2.09. The van der Waals surface area contributed by atoms with E-state index in [1.165, 1.54) is 0 Å². The lowest BCUT2D eigenvalue weighted by Gasteiger charge is -1.93. The number of halogens is 1. The van der Waals surface area contributed by atoms with Gasteiger partial charge in [0.2, 0.25) is 0 Å². The van der Waals surface area contributed by atoms with E-state index in [4.69, 9.17) is 4.74 Å². The maximum Gasteiger partial charge on any atom is 0.0878 e. The third-order valence-electron chi connectivity index (χ3n) is 1.57. The highest BCUT2D eigenvalue weighted by molar-refractivity contribution is 9.10. The molecule has 1 heterocycles. The van der Waals surface area contributed by atoms with E-state index in [2.05, 4.69) is 32.3 Å². The molecule has 2 N–H and O–H groups in total. The molecule has 0 bridgehead atoms. The molecule has 0 aliphatic rings. The second kappa shape index (κ2) is 4.64. The normalized spacial score (nSPS) is 10.6. The minimum atomic E-state index is 0.640. The largest absolute Gasteiger partial charge is 0.380 e. The van der Waals surface area contributed by atoms with Crippen molar-refractivity contribution in [1.82, 2.24) is 10.3 Å². The van der Waals surface area contributed by atoms with Crippen LogP contribution in [0.25, 0.3) is 0 Å². The van der Waals surface area contributed by atoms with Crippen molar-refractivity contribution in [3.8, 4) is 0 Å². The van der Waals surface area contributed by atoms with Crippen molar-refractivity contribution in [3.63, 3.8) is 0 Å². The summed E-state index contributed by atoms with van der Waals surface area (Å²) in [6.45, 7) is 1.49. The highest BCUT2D eigenvalue weighted by atomic mass is 79.9. The van der Waals surface area contributed by atoms with Gasteiger partial charge in [-0.05, 0) is 29.0 Å². The van der Waals surface area contributed by atoms with Crippen molar-refractivity contribution < 1.29 is 4.74 Å². The summed E-state index contributed by atoms with van der Waals surface area (Å²) in [5, 5.41) is 3.07. The van der Waals surface area contributed by atoms with Gasteiger partial charge in [0.25, 0.3) is 0 Å². The maximum atomic E-state index is 5.03. The fraction of sp³-hybridized carbons (Fsp3) is 0.500. The monoisotopic (exact) mass is 232 g/mol. The first-order valence-corrected chi connectivity index (χ1v) is 4.57. The van der Waals surface area contributed by atoms with Crippen LogP contribution in [-0.2, 0) is 17.9 Å². The zero-order valence-corrected chi connectivity index (χ0v) is 8.86. The summed E-state index contributed by atoms with van der Waals surface area (Å²) in [4.78, 5) is 3.20. The van der Waals surface area contributed by atoms with E-state index >= 15 is 0 Å². The molecule has 0 radical (unpaired) electrons. The van der Waals surface area contributed by atoms with Gasteiger partial charge in [-0.2, -0.15) is 0 Å². The minimum Gasteiger partial charge on any atom is -0.380 e. The van der Waals surface area contributed by atoms with Crippen LogP contribution < -0.4 is 5.32 Å². The van der Waals surface area contributed by atoms with E-state index in [-0.39, 0.29) is 0 Å². The SMILES string of the molecule is CNCc1cc(COC)c(Br)[nH]1. The number of ether oxygens (including phenoxy) is 1. The van der Waals surface area contributed by atoms with Crippen molar-refractivity contribution in [2.75, 3.05) is 14.2 Å². The van der Waals surface area contributed by atoms with Crippen molar-refractivity contribution in [2.24, 2.45) is 0 Å². The van der Waals surface area contributed by atoms with E-state index in [0.29, 0.717) is 6.61 Å². The Morgan fingerprint density at radius 1 is 1.67 bits per heavy atom. The number of methoxy groups -OCH3 is 1. The van der Waals surface area contributed by atoms with Gasteiger partial charge in [0.1, 0.15) is 0 Å². The first-order valence-electron chi connectivity index (χ1n) is 3.77. The second-order valence-corrected chi connectivity index (χ2v) is 3.39. The topological polar surface area (TPSA) is 37.0 Å². The molecule has 0 unspecified atom stereocenters. The fourth-order valence-electron chi connectivity index (χ4n) is 1.08. The molecule has 1 aromatic heterocycles. The van der Waals surface area contributed by atoms with E-state index in [1.807, 2.05) is 7.05 Å². The number of nitrogens with one attached hydrogen (secondary N) is 2. The zero-order valence-electron chi connectivity index (χ0n) is 7.28. The minimum absolute atomic E-state index is 0.640. The summed E-state index contributed by atoms with van der Waals surface area (Å²) in [7, 11) is 3.61. The van der Waals surface area contributed by atoms with Gasteiger partial charge in [-0.15, -0.1) is 0 Å². The molecule has 4 heteroatoms. The molecule has 0 spiro atoms. The maximum absolute atomic E-state index is 5.03. The Bertz CT molecular complexity index is 247. The number of H-pyrrole nitrogens is 1. The predicted molar refractivity (Wildman–Crippen MR) is 52.0 cm³/mol. The van der Waals surface area contributed by atoms with Gasteiger partial charge >= 0.3 is 0 Å². The summed E-state index contributed by atoms with van der Waals surface area (Å²) >= 11 is 3.42. The van der Waals surface area contributed by atoms with Crippen LogP contribution in [0.5, 0.6) is 0 Å². The average Bonchev–Trinajstić information content (AvgIpc) is 2.34. The van der Waals surface area contributed by atoms with Crippen LogP contribution in [0.2, 0.25) is 0 Å². The number of aromatic nitrogens is 1. The van der Waals surface area contributed by atoms with E-state index in [1.54, 1.807) is 7.11 Å². The Balaban J connectivity index is 2.70. The van der Waals surface area contributed by atoms with Crippen LogP contribution in [0, 0.1) is 0 Å². The Morgan fingerprint density at radius 3 is 3.00 bits per heavy atom. The van der Waals surface area contributed by atoms with Gasteiger partial charge in [0.15, 0.2) is 0 Å². The third kappa shape index (κ3) is 2.33. The first kappa shape index (κ1) is 9.77. The molecular weight excluding hydrogens is 220 g/mol. The molecule has 68 valence electrons.